The van der Waals surface area contributed by atoms with E-state index < -0.39 is 40.3 Å². The lowest BCUT2D eigenvalue weighted by atomic mass is 9.49. The van der Waals surface area contributed by atoms with Crippen LogP contribution < -0.4 is 26.0 Å². The summed E-state index contributed by atoms with van der Waals surface area (Å²) in [5, 5.41) is 33.0. The van der Waals surface area contributed by atoms with E-state index in [4.69, 9.17) is 21.1 Å². The topological polar surface area (TPSA) is 211 Å². The second-order valence-corrected chi connectivity index (χ2v) is 23.9. The zero-order valence-corrected chi connectivity index (χ0v) is 44.9. The number of pyridine rings is 1. The van der Waals surface area contributed by atoms with Crippen molar-refractivity contribution < 1.29 is 33.8 Å². The van der Waals surface area contributed by atoms with E-state index in [9.17, 15) is 29.5 Å². The molecule has 4 aliphatic rings. The molecule has 73 heavy (non-hydrogen) atoms. The summed E-state index contributed by atoms with van der Waals surface area (Å²) in [4.78, 5) is 68.6. The van der Waals surface area contributed by atoms with Crippen LogP contribution in [0.25, 0.3) is 10.4 Å². The third-order valence-electron chi connectivity index (χ3n) is 15.2. The van der Waals surface area contributed by atoms with Crippen LogP contribution in [-0.4, -0.2) is 123 Å². The Balaban J connectivity index is 0.745. The molecule has 2 saturated carbocycles. The number of anilines is 1. The fraction of sp³-hybridized carbons (Fsp3) is 0.545. The molecular weight excluding hydrogens is 966 g/mol. The van der Waals surface area contributed by atoms with E-state index in [1.54, 1.807) is 41.8 Å². The number of benzene rings is 2. The highest BCUT2D eigenvalue weighted by Crippen LogP contribution is 2.55. The number of aryl methyl sites for hydroxylation is 1. The van der Waals surface area contributed by atoms with Crippen LogP contribution >= 0.6 is 22.9 Å². The molecule has 18 heteroatoms. The molecular formula is C55H70ClN9O7S. The van der Waals surface area contributed by atoms with Gasteiger partial charge in [0.15, 0.2) is 0 Å². The van der Waals surface area contributed by atoms with Gasteiger partial charge in [0.2, 0.25) is 17.7 Å². The van der Waals surface area contributed by atoms with Crippen LogP contribution in [0, 0.1) is 34.5 Å². The molecule has 16 nitrogen and oxygen atoms in total. The van der Waals surface area contributed by atoms with Gasteiger partial charge in [0.05, 0.1) is 63.1 Å². The Bertz CT molecular complexity index is 2670. The van der Waals surface area contributed by atoms with Crippen molar-refractivity contribution in [2.45, 2.75) is 149 Å². The summed E-state index contributed by atoms with van der Waals surface area (Å²) in [5.41, 5.74) is 4.15. The Morgan fingerprint density at radius 1 is 0.959 bits per heavy atom. The van der Waals surface area contributed by atoms with Gasteiger partial charge in [-0.3, -0.25) is 24.1 Å². The number of thiazole rings is 1. The van der Waals surface area contributed by atoms with Crippen molar-refractivity contribution >= 4 is 52.4 Å². The number of rotatable bonds is 16. The predicted octanol–water partition coefficient (Wildman–Crippen LogP) is 7.44. The Hall–Kier alpha value is -5.64. The molecule has 0 spiro atoms. The molecule has 0 radical (unpaired) electrons. The number of likely N-dealkylation sites (tertiary alicyclic amines) is 2. The number of nitrogens with zero attached hydrogens (tertiary/aromatic N) is 5. The molecule has 2 aliphatic carbocycles. The molecule has 390 valence electrons. The largest absolute Gasteiger partial charge is 0.489 e. The highest BCUT2D eigenvalue weighted by molar-refractivity contribution is 7.13. The average Bonchev–Trinajstić information content (AvgIpc) is 3.96. The maximum atomic E-state index is 14.3. The van der Waals surface area contributed by atoms with E-state index in [0.717, 1.165) is 47.4 Å². The fourth-order valence-electron chi connectivity index (χ4n) is 11.3. The van der Waals surface area contributed by atoms with E-state index >= 15 is 0 Å². The number of hydrogen-bond donors (Lipinski definition) is 5. The monoisotopic (exact) mass is 1040 g/mol. The highest BCUT2D eigenvalue weighted by Gasteiger charge is 2.64. The Morgan fingerprint density at radius 2 is 1.66 bits per heavy atom. The first kappa shape index (κ1) is 53.6. The maximum absolute atomic E-state index is 14.3. The standard InChI is InChI=1S/C55H70ClN9O7S/c1-31(33-10-12-34(13-11-33)46-32(2)59-30-73-46)60-49(69)43-24-38(66)28-65(43)50(70)47(53(3,4)5)62-45(67)29-64-20-18-39(19-21-64)71-41-22-37(23-41)61-44-17-15-36(27-58-44)48(68)63-51-54(6,7)52(55(51,8)9)72-40-16-14-35(26-57)42(56)25-40/h10-17,25,27,30-31,37-39,41,43,47,51-52,66H,18-24,28-29H2,1-9H3,(H,58,61)(H,60,69)(H,62,67)(H,63,68)/t31-,37-,38+,41-,43-,47+,51-,52-/m0/s1. The van der Waals surface area contributed by atoms with Gasteiger partial charge in [0, 0.05) is 61.2 Å². The minimum Gasteiger partial charge on any atom is -0.489 e. The van der Waals surface area contributed by atoms with Crippen molar-refractivity contribution in [2.24, 2.45) is 16.2 Å². The number of β-amino-alcohol motifs (C(OH)–C–C–N with tert-alkyl or cyclic N) is 1. The van der Waals surface area contributed by atoms with Gasteiger partial charge in [0.25, 0.3) is 5.91 Å². The minimum absolute atomic E-state index is 0.00435. The van der Waals surface area contributed by atoms with Crippen molar-refractivity contribution in [1.29, 1.82) is 5.26 Å². The summed E-state index contributed by atoms with van der Waals surface area (Å²) in [5.74, 6) is 0.0476. The smallest absolute Gasteiger partial charge is 0.253 e. The minimum atomic E-state index is -0.911. The number of nitriles is 1. The lowest BCUT2D eigenvalue weighted by Crippen LogP contribution is -2.74. The third kappa shape index (κ3) is 12.0. The lowest BCUT2D eigenvalue weighted by molar-refractivity contribution is -0.164. The molecule has 2 aromatic heterocycles. The molecule has 0 bridgehead atoms. The molecule has 2 aliphatic heterocycles. The predicted molar refractivity (Wildman–Crippen MR) is 281 cm³/mol. The van der Waals surface area contributed by atoms with Crippen LogP contribution in [0.3, 0.4) is 0 Å². The van der Waals surface area contributed by atoms with Crippen molar-refractivity contribution in [1.82, 2.24) is 35.7 Å². The molecule has 2 aromatic carbocycles. The number of amides is 4. The molecule has 4 amide bonds. The second kappa shape index (κ2) is 21.7. The molecule has 4 aromatic rings. The Morgan fingerprint density at radius 3 is 2.26 bits per heavy atom. The molecule has 0 unspecified atom stereocenters. The van der Waals surface area contributed by atoms with Crippen molar-refractivity contribution in [3.05, 3.63) is 93.7 Å². The quantitative estimate of drug-likeness (QED) is 0.0742. The van der Waals surface area contributed by atoms with Crippen LogP contribution in [-0.2, 0) is 19.1 Å². The number of carbonyl (C=O) groups is 4. The SMILES string of the molecule is Cc1ncsc1-c1ccc([C@H](C)NC(=O)[C@@H]2C[C@@H](O)CN2C(=O)[C@@H](NC(=O)CN2CCC(O[C@H]3C[C@H](Nc4ccc(C(=O)N[C@H]5C(C)(C)[C@H](Oc6ccc(C#N)c(Cl)c6)C5(C)C)cn4)C3)CC2)C(C)(C)C)cc1. The van der Waals surface area contributed by atoms with Gasteiger partial charge in [-0.2, -0.15) is 5.26 Å². The van der Waals surface area contributed by atoms with Gasteiger partial charge in [0.1, 0.15) is 35.8 Å². The first-order valence-electron chi connectivity index (χ1n) is 25.4. The number of hydrogen-bond acceptors (Lipinski definition) is 13. The van der Waals surface area contributed by atoms with Gasteiger partial charge in [-0.25, -0.2) is 9.97 Å². The zero-order valence-electron chi connectivity index (χ0n) is 43.3. The summed E-state index contributed by atoms with van der Waals surface area (Å²) in [7, 11) is 0. The van der Waals surface area contributed by atoms with Crippen LogP contribution in [0.2, 0.25) is 5.02 Å². The number of aromatic nitrogens is 2. The normalized spacial score (nSPS) is 24.5. The summed E-state index contributed by atoms with van der Waals surface area (Å²) >= 11 is 7.84. The van der Waals surface area contributed by atoms with Crippen LogP contribution in [0.15, 0.2) is 66.3 Å². The van der Waals surface area contributed by atoms with E-state index in [-0.39, 0.29) is 73.7 Å². The third-order valence-corrected chi connectivity index (χ3v) is 16.5. The summed E-state index contributed by atoms with van der Waals surface area (Å²) in [6.45, 7) is 19.3. The zero-order chi connectivity index (χ0) is 52.6. The Labute approximate surface area is 438 Å². The Kier molecular flexibility index (Phi) is 15.9. The van der Waals surface area contributed by atoms with Gasteiger partial charge >= 0.3 is 0 Å². The lowest BCUT2D eigenvalue weighted by Gasteiger charge is -2.63. The van der Waals surface area contributed by atoms with Gasteiger partial charge in [-0.1, -0.05) is 84.3 Å². The number of nitrogens with one attached hydrogen (secondary N) is 4. The molecule has 4 heterocycles. The van der Waals surface area contributed by atoms with E-state index in [1.807, 2.05) is 70.5 Å². The highest BCUT2D eigenvalue weighted by atomic mass is 35.5. The first-order valence-corrected chi connectivity index (χ1v) is 26.6. The number of aliphatic hydroxyl groups excluding tert-OH is 1. The summed E-state index contributed by atoms with van der Waals surface area (Å²) in [6.07, 6.45) is 4.03. The first-order chi connectivity index (χ1) is 34.5. The van der Waals surface area contributed by atoms with Gasteiger partial charge in [-0.05, 0) is 80.3 Å². The number of carbonyl (C=O) groups excluding carboxylic acids is 4. The van der Waals surface area contributed by atoms with E-state index in [1.165, 1.54) is 4.90 Å². The van der Waals surface area contributed by atoms with Crippen LogP contribution in [0.5, 0.6) is 5.75 Å². The van der Waals surface area contributed by atoms with Crippen LogP contribution in [0.1, 0.15) is 121 Å². The fourth-order valence-corrected chi connectivity index (χ4v) is 12.4. The summed E-state index contributed by atoms with van der Waals surface area (Å²) < 4.78 is 12.8. The van der Waals surface area contributed by atoms with E-state index in [0.29, 0.717) is 40.8 Å². The van der Waals surface area contributed by atoms with Gasteiger partial charge < -0.3 is 40.7 Å². The average molecular weight is 1040 g/mol. The van der Waals surface area contributed by atoms with Gasteiger partial charge in [-0.15, -0.1) is 11.3 Å². The van der Waals surface area contributed by atoms with Crippen LogP contribution in [0.4, 0.5) is 5.82 Å². The number of piperidine rings is 1. The maximum Gasteiger partial charge on any atom is 0.253 e. The second-order valence-electron chi connectivity index (χ2n) is 22.7. The molecule has 4 atom stereocenters. The molecule has 5 N–H and O–H groups in total. The molecule has 8 rings (SSSR count). The molecule has 2 saturated heterocycles. The van der Waals surface area contributed by atoms with Crippen molar-refractivity contribution in [2.75, 3.05) is 31.5 Å². The number of aliphatic hydroxyl groups is 1. The van der Waals surface area contributed by atoms with E-state index in [2.05, 4.69) is 69.9 Å². The number of ether oxygens (including phenoxy) is 2. The van der Waals surface area contributed by atoms with Crippen molar-refractivity contribution in [3.63, 3.8) is 0 Å². The summed E-state index contributed by atoms with van der Waals surface area (Å²) in [6, 6.07) is 16.6. The van der Waals surface area contributed by atoms with Crippen molar-refractivity contribution in [3.8, 4) is 22.3 Å². The molecule has 4 fully saturated rings. The number of halogens is 1.